The van der Waals surface area contributed by atoms with E-state index in [1.54, 1.807) is 7.11 Å². The zero-order chi connectivity index (χ0) is 16.8. The number of benzene rings is 1. The van der Waals surface area contributed by atoms with E-state index in [0.29, 0.717) is 6.54 Å². The number of nitrogens with zero attached hydrogens (tertiary/aromatic N) is 1. The van der Waals surface area contributed by atoms with Crippen LogP contribution in [0.15, 0.2) is 24.3 Å². The number of carbonyl (C=O) groups is 1. The van der Waals surface area contributed by atoms with Crippen molar-refractivity contribution >= 4 is 5.91 Å². The van der Waals surface area contributed by atoms with Crippen molar-refractivity contribution in [3.63, 3.8) is 0 Å². The van der Waals surface area contributed by atoms with Gasteiger partial charge in [0, 0.05) is 20.2 Å². The van der Waals surface area contributed by atoms with Gasteiger partial charge in [-0.2, -0.15) is 0 Å². The largest absolute Gasteiger partial charge is 0.368 e. The third kappa shape index (κ3) is 4.15. The smallest absolute Gasteiger partial charge is 0.252 e. The molecule has 5 nitrogen and oxygen atoms in total. The summed E-state index contributed by atoms with van der Waals surface area (Å²) in [5, 5.41) is 6.36. The highest BCUT2D eigenvalue weighted by atomic mass is 16.5. The van der Waals surface area contributed by atoms with Crippen LogP contribution in [0.25, 0.3) is 0 Å². The van der Waals surface area contributed by atoms with E-state index >= 15 is 0 Å². The Morgan fingerprint density at radius 2 is 1.96 bits per heavy atom. The van der Waals surface area contributed by atoms with Gasteiger partial charge in [-0.25, -0.2) is 0 Å². The Bertz CT molecular complexity index is 549. The number of likely N-dealkylation sites (tertiary alicyclic amines) is 1. The fourth-order valence-electron chi connectivity index (χ4n) is 3.73. The molecule has 0 aromatic heterocycles. The van der Waals surface area contributed by atoms with Crippen molar-refractivity contribution in [3.8, 4) is 0 Å². The van der Waals surface area contributed by atoms with Crippen molar-refractivity contribution in [3.05, 3.63) is 35.4 Å². The molecule has 0 unspecified atom stereocenters. The zero-order valence-corrected chi connectivity index (χ0v) is 14.6. The van der Waals surface area contributed by atoms with Gasteiger partial charge in [-0.15, -0.1) is 0 Å². The number of hydrogen-bond acceptors (Lipinski definition) is 4. The molecule has 2 saturated heterocycles. The summed E-state index contributed by atoms with van der Waals surface area (Å²) in [6.07, 6.45) is 4.07. The molecule has 0 bridgehead atoms. The molecule has 0 aliphatic carbocycles. The Morgan fingerprint density at radius 1 is 1.25 bits per heavy atom. The van der Waals surface area contributed by atoms with Crippen molar-refractivity contribution in [1.29, 1.82) is 0 Å². The lowest BCUT2D eigenvalue weighted by Gasteiger charge is -2.34. The van der Waals surface area contributed by atoms with Gasteiger partial charge < -0.3 is 15.4 Å². The van der Waals surface area contributed by atoms with E-state index in [2.05, 4.69) is 39.8 Å². The second-order valence-corrected chi connectivity index (χ2v) is 6.93. The summed E-state index contributed by atoms with van der Waals surface area (Å²) in [5.74, 6) is 0.0106. The highest BCUT2D eigenvalue weighted by Crippen LogP contribution is 2.23. The molecule has 0 radical (unpaired) electrons. The van der Waals surface area contributed by atoms with Gasteiger partial charge in [-0.3, -0.25) is 9.69 Å². The van der Waals surface area contributed by atoms with E-state index in [0.717, 1.165) is 38.0 Å². The number of piperidine rings is 1. The van der Waals surface area contributed by atoms with Crippen molar-refractivity contribution in [2.45, 2.75) is 44.4 Å². The number of amides is 1. The molecule has 5 heteroatoms. The lowest BCUT2D eigenvalue weighted by molar-refractivity contribution is -0.146. The monoisotopic (exact) mass is 331 g/mol. The minimum Gasteiger partial charge on any atom is -0.368 e. The first-order valence-electron chi connectivity index (χ1n) is 9.06. The van der Waals surface area contributed by atoms with E-state index in [1.807, 2.05) is 0 Å². The molecule has 2 fully saturated rings. The highest BCUT2D eigenvalue weighted by molar-refractivity contribution is 5.85. The Hall–Kier alpha value is -1.43. The number of ether oxygens (including phenoxy) is 1. The molecule has 1 aromatic rings. The molecular weight excluding hydrogens is 302 g/mol. The predicted octanol–water partition coefficient (Wildman–Crippen LogP) is 1.67. The third-order valence-corrected chi connectivity index (χ3v) is 5.27. The third-order valence-electron chi connectivity index (χ3n) is 5.27. The number of carbonyl (C=O) groups excluding carboxylic acids is 1. The van der Waals surface area contributed by atoms with Crippen LogP contribution < -0.4 is 10.6 Å². The first kappa shape index (κ1) is 17.4. The van der Waals surface area contributed by atoms with Gasteiger partial charge in [0.25, 0.3) is 5.91 Å². The molecule has 3 rings (SSSR count). The normalized spacial score (nSPS) is 20.9. The van der Waals surface area contributed by atoms with Gasteiger partial charge in [-0.05, 0) is 63.0 Å². The standard InChI is InChI=1S/C19H29N3O2/c1-24-19(7-9-20-10-8-19)18(23)21-14-16-5-4-6-17(13-16)15-22-11-2-3-12-22/h4-6,13,20H,2-3,7-12,14-15H2,1H3,(H,21,23). The van der Waals surface area contributed by atoms with Crippen LogP contribution in [0.3, 0.4) is 0 Å². The van der Waals surface area contributed by atoms with Crippen LogP contribution in [0.1, 0.15) is 36.8 Å². The predicted molar refractivity (Wildman–Crippen MR) is 94.6 cm³/mol. The molecule has 2 N–H and O–H groups in total. The number of methoxy groups -OCH3 is 1. The van der Waals surface area contributed by atoms with Crippen molar-refractivity contribution in [1.82, 2.24) is 15.5 Å². The summed E-state index contributed by atoms with van der Waals surface area (Å²) in [6, 6.07) is 8.55. The van der Waals surface area contributed by atoms with Gasteiger partial charge in [0.15, 0.2) is 0 Å². The van der Waals surface area contributed by atoms with Crippen LogP contribution >= 0.6 is 0 Å². The SMILES string of the molecule is COC1(C(=O)NCc2cccc(CN3CCCC3)c2)CCNCC1. The molecule has 132 valence electrons. The maximum absolute atomic E-state index is 12.6. The van der Waals surface area contributed by atoms with Crippen molar-refractivity contribution < 1.29 is 9.53 Å². The molecule has 1 amide bonds. The Morgan fingerprint density at radius 3 is 2.67 bits per heavy atom. The topological polar surface area (TPSA) is 53.6 Å². The summed E-state index contributed by atoms with van der Waals surface area (Å²) in [4.78, 5) is 15.1. The van der Waals surface area contributed by atoms with Crippen LogP contribution in [-0.2, 0) is 22.6 Å². The van der Waals surface area contributed by atoms with Crippen LogP contribution in [0.5, 0.6) is 0 Å². The fourth-order valence-corrected chi connectivity index (χ4v) is 3.73. The molecule has 2 aliphatic rings. The average Bonchev–Trinajstić information content (AvgIpc) is 3.13. The molecule has 0 atom stereocenters. The van der Waals surface area contributed by atoms with Crippen LogP contribution in [0.2, 0.25) is 0 Å². The Labute approximate surface area is 144 Å². The van der Waals surface area contributed by atoms with Crippen molar-refractivity contribution in [2.24, 2.45) is 0 Å². The molecule has 0 spiro atoms. The maximum atomic E-state index is 12.6. The van der Waals surface area contributed by atoms with Crippen LogP contribution in [0, 0.1) is 0 Å². The maximum Gasteiger partial charge on any atom is 0.252 e. The zero-order valence-electron chi connectivity index (χ0n) is 14.6. The molecule has 24 heavy (non-hydrogen) atoms. The summed E-state index contributed by atoms with van der Waals surface area (Å²) >= 11 is 0. The molecule has 2 aliphatic heterocycles. The lowest BCUT2D eigenvalue weighted by atomic mass is 9.91. The molecule has 2 heterocycles. The first-order valence-corrected chi connectivity index (χ1v) is 9.06. The molecule has 1 aromatic carbocycles. The fraction of sp³-hybridized carbons (Fsp3) is 0.632. The summed E-state index contributed by atoms with van der Waals surface area (Å²) in [5.41, 5.74) is 1.81. The van der Waals surface area contributed by atoms with Crippen molar-refractivity contribution in [2.75, 3.05) is 33.3 Å². The first-order chi connectivity index (χ1) is 11.7. The van der Waals surface area contributed by atoms with Crippen LogP contribution in [0.4, 0.5) is 0 Å². The van der Waals surface area contributed by atoms with Gasteiger partial charge in [0.05, 0.1) is 0 Å². The number of nitrogens with one attached hydrogen (secondary N) is 2. The van der Waals surface area contributed by atoms with Gasteiger partial charge >= 0.3 is 0 Å². The van der Waals surface area contributed by atoms with Gasteiger partial charge in [0.1, 0.15) is 5.60 Å². The number of rotatable bonds is 6. The molecule has 0 saturated carbocycles. The second-order valence-electron chi connectivity index (χ2n) is 6.93. The van der Waals surface area contributed by atoms with E-state index in [-0.39, 0.29) is 5.91 Å². The summed E-state index contributed by atoms with van der Waals surface area (Å²) < 4.78 is 5.58. The minimum atomic E-state index is -0.668. The number of hydrogen-bond donors (Lipinski definition) is 2. The highest BCUT2D eigenvalue weighted by Gasteiger charge is 2.39. The summed E-state index contributed by atoms with van der Waals surface area (Å²) in [7, 11) is 1.64. The lowest BCUT2D eigenvalue weighted by Crippen LogP contribution is -2.53. The Balaban J connectivity index is 1.56. The summed E-state index contributed by atoms with van der Waals surface area (Å²) in [6.45, 7) is 5.62. The quantitative estimate of drug-likeness (QED) is 0.833. The van der Waals surface area contributed by atoms with E-state index < -0.39 is 5.60 Å². The minimum absolute atomic E-state index is 0.0106. The van der Waals surface area contributed by atoms with E-state index in [9.17, 15) is 4.79 Å². The second kappa shape index (κ2) is 8.10. The average molecular weight is 331 g/mol. The van der Waals surface area contributed by atoms with Gasteiger partial charge in [-0.1, -0.05) is 24.3 Å². The van der Waals surface area contributed by atoms with Gasteiger partial charge in [0.2, 0.25) is 0 Å². The Kier molecular flexibility index (Phi) is 5.87. The van der Waals surface area contributed by atoms with E-state index in [4.69, 9.17) is 4.74 Å². The van der Waals surface area contributed by atoms with Crippen LogP contribution in [-0.4, -0.2) is 49.7 Å². The van der Waals surface area contributed by atoms with E-state index in [1.165, 1.54) is 31.5 Å². The molecular formula is C19H29N3O2.